The van der Waals surface area contributed by atoms with Gasteiger partial charge in [-0.15, -0.1) is 11.3 Å². The molecule has 0 radical (unpaired) electrons. The molecule has 1 aliphatic rings. The van der Waals surface area contributed by atoms with Crippen LogP contribution in [0.25, 0.3) is 0 Å². The molecular weight excluding hydrogens is 346 g/mol. The van der Waals surface area contributed by atoms with E-state index in [1.54, 1.807) is 7.11 Å². The highest BCUT2D eigenvalue weighted by Crippen LogP contribution is 2.28. The molecule has 0 spiro atoms. The molecule has 0 aromatic carbocycles. The van der Waals surface area contributed by atoms with Gasteiger partial charge in [0, 0.05) is 38.2 Å². The number of nitrogens with zero attached hydrogens (tertiary/aromatic N) is 3. The molecule has 1 unspecified atom stereocenters. The Morgan fingerprint density at radius 3 is 2.81 bits per heavy atom. The molecule has 1 saturated heterocycles. The molecule has 2 rings (SSSR count). The molecule has 1 aromatic heterocycles. The van der Waals surface area contributed by atoms with Crippen LogP contribution in [0.2, 0.25) is 0 Å². The maximum Gasteiger partial charge on any atom is 0.191 e. The van der Waals surface area contributed by atoms with Crippen molar-refractivity contribution in [3.63, 3.8) is 0 Å². The van der Waals surface area contributed by atoms with Gasteiger partial charge in [-0.25, -0.2) is 0 Å². The van der Waals surface area contributed by atoms with Gasteiger partial charge in [-0.3, -0.25) is 9.89 Å². The highest BCUT2D eigenvalue weighted by atomic mass is 32.1. The monoisotopic (exact) mass is 381 g/mol. The summed E-state index contributed by atoms with van der Waals surface area (Å²) < 4.78 is 5.13. The van der Waals surface area contributed by atoms with Gasteiger partial charge in [-0.05, 0) is 51.3 Å². The minimum absolute atomic E-state index is 0.400. The van der Waals surface area contributed by atoms with Crippen LogP contribution >= 0.6 is 11.3 Å². The van der Waals surface area contributed by atoms with Gasteiger partial charge in [0.1, 0.15) is 0 Å². The molecule has 0 aliphatic carbocycles. The molecule has 1 fully saturated rings. The predicted molar refractivity (Wildman–Crippen MR) is 111 cm³/mol. The summed E-state index contributed by atoms with van der Waals surface area (Å²) in [7, 11) is 3.86. The van der Waals surface area contributed by atoms with Gasteiger partial charge in [-0.2, -0.15) is 0 Å². The Hall–Kier alpha value is -1.15. The number of guanidine groups is 1. The van der Waals surface area contributed by atoms with E-state index in [2.05, 4.69) is 51.9 Å². The zero-order valence-electron chi connectivity index (χ0n) is 16.5. The summed E-state index contributed by atoms with van der Waals surface area (Å²) in [5.41, 5.74) is 0. The average Bonchev–Trinajstić information content (AvgIpc) is 3.34. The first-order chi connectivity index (χ1) is 12.7. The Labute approximate surface area is 162 Å². The minimum Gasteiger partial charge on any atom is -0.383 e. The third-order valence-corrected chi connectivity index (χ3v) is 5.66. The van der Waals surface area contributed by atoms with Crippen molar-refractivity contribution < 1.29 is 4.74 Å². The SMILES string of the molecule is CCNC(=NCC(c1cccs1)N1CCCC1)NCCN(C)CCOC. The normalized spacial score (nSPS) is 17.0. The topological polar surface area (TPSA) is 52.1 Å². The summed E-state index contributed by atoms with van der Waals surface area (Å²) in [5.74, 6) is 0.911. The Bertz CT molecular complexity index is 502. The Morgan fingerprint density at radius 1 is 1.35 bits per heavy atom. The van der Waals surface area contributed by atoms with Crippen molar-refractivity contribution >= 4 is 17.3 Å². The summed E-state index contributed by atoms with van der Waals surface area (Å²) >= 11 is 1.84. The second-order valence-corrected chi connectivity index (χ2v) is 7.70. The van der Waals surface area contributed by atoms with Crippen molar-refractivity contribution in [1.82, 2.24) is 20.4 Å². The molecule has 0 bridgehead atoms. The molecule has 2 N–H and O–H groups in total. The van der Waals surface area contributed by atoms with E-state index >= 15 is 0 Å². The molecule has 0 saturated carbocycles. The van der Waals surface area contributed by atoms with Gasteiger partial charge < -0.3 is 20.3 Å². The molecule has 7 heteroatoms. The van der Waals surface area contributed by atoms with E-state index in [0.29, 0.717) is 6.04 Å². The third kappa shape index (κ3) is 7.23. The molecule has 1 aromatic rings. The van der Waals surface area contributed by atoms with Crippen molar-refractivity contribution in [2.24, 2.45) is 4.99 Å². The van der Waals surface area contributed by atoms with Crippen LogP contribution in [0, 0.1) is 0 Å². The number of aliphatic imine (C=N–C) groups is 1. The van der Waals surface area contributed by atoms with Crippen LogP contribution in [0.4, 0.5) is 0 Å². The average molecular weight is 382 g/mol. The van der Waals surface area contributed by atoms with E-state index in [0.717, 1.165) is 45.3 Å². The lowest BCUT2D eigenvalue weighted by atomic mass is 10.2. The number of hydrogen-bond acceptors (Lipinski definition) is 5. The molecule has 1 aliphatic heterocycles. The van der Waals surface area contributed by atoms with Crippen LogP contribution < -0.4 is 10.6 Å². The molecule has 1 atom stereocenters. The summed E-state index contributed by atoms with van der Waals surface area (Å²) in [5, 5.41) is 9.00. The van der Waals surface area contributed by atoms with Gasteiger partial charge in [0.15, 0.2) is 5.96 Å². The summed E-state index contributed by atoms with van der Waals surface area (Å²) in [6.45, 7) is 9.71. The number of likely N-dealkylation sites (N-methyl/N-ethyl adjacent to an activating group) is 1. The molecule has 2 heterocycles. The fourth-order valence-corrected chi connectivity index (χ4v) is 4.02. The maximum atomic E-state index is 5.13. The Morgan fingerprint density at radius 2 is 2.15 bits per heavy atom. The standard InChI is InChI=1S/C19H35N5OS/c1-4-20-19(21-9-12-23(2)13-14-25-3)22-16-17(18-8-7-15-26-18)24-10-5-6-11-24/h7-8,15,17H,4-6,9-14,16H2,1-3H3,(H2,20,21,22). The zero-order chi connectivity index (χ0) is 18.6. The van der Waals surface area contributed by atoms with E-state index in [1.165, 1.54) is 30.8 Å². The van der Waals surface area contributed by atoms with Gasteiger partial charge in [0.25, 0.3) is 0 Å². The number of nitrogens with one attached hydrogen (secondary N) is 2. The molecule has 0 amide bonds. The van der Waals surface area contributed by atoms with Crippen LogP contribution in [-0.4, -0.2) is 82.3 Å². The van der Waals surface area contributed by atoms with Crippen LogP contribution in [0.3, 0.4) is 0 Å². The fourth-order valence-electron chi connectivity index (χ4n) is 3.16. The molecule has 6 nitrogen and oxygen atoms in total. The zero-order valence-corrected chi connectivity index (χ0v) is 17.4. The Kier molecular flexibility index (Phi) is 9.99. The summed E-state index contributed by atoms with van der Waals surface area (Å²) in [6, 6.07) is 4.79. The molecule has 26 heavy (non-hydrogen) atoms. The predicted octanol–water partition coefficient (Wildman–Crippen LogP) is 2.02. The quantitative estimate of drug-likeness (QED) is 0.454. The highest BCUT2D eigenvalue weighted by Gasteiger charge is 2.24. The summed E-state index contributed by atoms with van der Waals surface area (Å²) in [6.07, 6.45) is 2.61. The first-order valence-corrected chi connectivity index (χ1v) is 10.6. The van der Waals surface area contributed by atoms with Crippen molar-refractivity contribution in [2.45, 2.75) is 25.8 Å². The largest absolute Gasteiger partial charge is 0.383 e. The second-order valence-electron chi connectivity index (χ2n) is 6.72. The van der Waals surface area contributed by atoms with Gasteiger partial charge in [0.05, 0.1) is 19.2 Å². The van der Waals surface area contributed by atoms with Crippen LogP contribution in [0.5, 0.6) is 0 Å². The van der Waals surface area contributed by atoms with Crippen LogP contribution in [-0.2, 0) is 4.74 Å². The van der Waals surface area contributed by atoms with Gasteiger partial charge in [-0.1, -0.05) is 6.07 Å². The lowest BCUT2D eigenvalue weighted by molar-refractivity contribution is 0.162. The molecule has 148 valence electrons. The van der Waals surface area contributed by atoms with Crippen LogP contribution in [0.1, 0.15) is 30.7 Å². The number of hydrogen-bond donors (Lipinski definition) is 2. The third-order valence-electron chi connectivity index (χ3n) is 4.68. The lowest BCUT2D eigenvalue weighted by Crippen LogP contribution is -2.42. The van der Waals surface area contributed by atoms with Crippen molar-refractivity contribution in [1.29, 1.82) is 0 Å². The molecular formula is C19H35N5OS. The van der Waals surface area contributed by atoms with E-state index in [9.17, 15) is 0 Å². The van der Waals surface area contributed by atoms with Crippen LogP contribution in [0.15, 0.2) is 22.5 Å². The van der Waals surface area contributed by atoms with E-state index in [4.69, 9.17) is 9.73 Å². The van der Waals surface area contributed by atoms with Crippen molar-refractivity contribution in [2.75, 3.05) is 66.6 Å². The Balaban J connectivity index is 1.88. The number of thiophene rings is 1. The van der Waals surface area contributed by atoms with Crippen molar-refractivity contribution in [3.8, 4) is 0 Å². The number of rotatable bonds is 11. The smallest absolute Gasteiger partial charge is 0.191 e. The lowest BCUT2D eigenvalue weighted by Gasteiger charge is -2.25. The first-order valence-electron chi connectivity index (χ1n) is 9.71. The number of methoxy groups -OCH3 is 1. The van der Waals surface area contributed by atoms with Gasteiger partial charge >= 0.3 is 0 Å². The number of likely N-dealkylation sites (tertiary alicyclic amines) is 1. The van der Waals surface area contributed by atoms with E-state index in [1.807, 2.05) is 11.3 Å². The van der Waals surface area contributed by atoms with E-state index in [-0.39, 0.29) is 0 Å². The maximum absolute atomic E-state index is 5.13. The second kappa shape index (κ2) is 12.3. The van der Waals surface area contributed by atoms with E-state index < -0.39 is 0 Å². The minimum atomic E-state index is 0.400. The first kappa shape index (κ1) is 21.2. The van der Waals surface area contributed by atoms with Crippen molar-refractivity contribution in [3.05, 3.63) is 22.4 Å². The fraction of sp³-hybridized carbons (Fsp3) is 0.737. The summed E-state index contributed by atoms with van der Waals surface area (Å²) in [4.78, 5) is 11.2. The number of ether oxygens (including phenoxy) is 1. The highest BCUT2D eigenvalue weighted by molar-refractivity contribution is 7.10. The van der Waals surface area contributed by atoms with Gasteiger partial charge in [0.2, 0.25) is 0 Å².